The number of furan rings is 1. The van der Waals surface area contributed by atoms with Crippen molar-refractivity contribution >= 4 is 11.9 Å². The standard InChI is InChI=1S/C10H11NO4/c12-9-4-3-8(11-9)10(13)15-6-7-2-1-5-14-7/h1-2,5,8H,3-4,6H2,(H,11,12). The minimum absolute atomic E-state index is 0.102. The number of ether oxygens (including phenoxy) is 1. The van der Waals surface area contributed by atoms with Gasteiger partial charge in [-0.1, -0.05) is 0 Å². The predicted octanol–water partition coefficient (Wildman–Crippen LogP) is 0.601. The summed E-state index contributed by atoms with van der Waals surface area (Å²) >= 11 is 0. The fraction of sp³-hybridized carbons (Fsp3) is 0.400. The van der Waals surface area contributed by atoms with Gasteiger partial charge in [-0.2, -0.15) is 0 Å². The van der Waals surface area contributed by atoms with E-state index in [2.05, 4.69) is 5.32 Å². The SMILES string of the molecule is O=C1CCC(C(=O)OCc2ccco2)N1. The molecular formula is C10H11NO4. The Hall–Kier alpha value is -1.78. The van der Waals surface area contributed by atoms with Crippen LogP contribution in [0.1, 0.15) is 18.6 Å². The summed E-state index contributed by atoms with van der Waals surface area (Å²) in [5.74, 6) is 0.0832. The van der Waals surface area contributed by atoms with E-state index in [9.17, 15) is 9.59 Å². The van der Waals surface area contributed by atoms with Gasteiger partial charge in [-0.25, -0.2) is 4.79 Å². The van der Waals surface area contributed by atoms with Crippen LogP contribution in [0.15, 0.2) is 22.8 Å². The first-order chi connectivity index (χ1) is 7.25. The van der Waals surface area contributed by atoms with E-state index in [1.165, 1.54) is 6.26 Å². The van der Waals surface area contributed by atoms with Crippen LogP contribution in [0.5, 0.6) is 0 Å². The first kappa shape index (κ1) is 9.76. The maximum absolute atomic E-state index is 11.4. The molecule has 0 saturated carbocycles. The van der Waals surface area contributed by atoms with Crippen molar-refractivity contribution in [3.05, 3.63) is 24.2 Å². The topological polar surface area (TPSA) is 68.5 Å². The summed E-state index contributed by atoms with van der Waals surface area (Å²) in [5, 5.41) is 2.54. The van der Waals surface area contributed by atoms with Gasteiger partial charge in [0.05, 0.1) is 6.26 Å². The van der Waals surface area contributed by atoms with Gasteiger partial charge in [0.1, 0.15) is 18.4 Å². The molecule has 0 aliphatic carbocycles. The lowest BCUT2D eigenvalue weighted by Crippen LogP contribution is -2.34. The molecule has 2 heterocycles. The first-order valence-corrected chi connectivity index (χ1v) is 4.74. The van der Waals surface area contributed by atoms with Crippen molar-refractivity contribution in [2.75, 3.05) is 0 Å². The van der Waals surface area contributed by atoms with Crippen LogP contribution < -0.4 is 5.32 Å². The van der Waals surface area contributed by atoms with Gasteiger partial charge in [0.25, 0.3) is 0 Å². The Morgan fingerprint density at radius 1 is 1.67 bits per heavy atom. The zero-order valence-corrected chi connectivity index (χ0v) is 8.06. The molecule has 1 fully saturated rings. The van der Waals surface area contributed by atoms with E-state index in [-0.39, 0.29) is 12.5 Å². The minimum Gasteiger partial charge on any atom is -0.466 e. The zero-order valence-electron chi connectivity index (χ0n) is 8.06. The highest BCUT2D eigenvalue weighted by atomic mass is 16.5. The van der Waals surface area contributed by atoms with Crippen LogP contribution in [0.2, 0.25) is 0 Å². The number of rotatable bonds is 3. The van der Waals surface area contributed by atoms with Crippen molar-refractivity contribution in [3.8, 4) is 0 Å². The Labute approximate surface area is 86.4 Å². The fourth-order valence-electron chi connectivity index (χ4n) is 1.43. The molecule has 5 heteroatoms. The summed E-state index contributed by atoms with van der Waals surface area (Å²) < 4.78 is 9.97. The summed E-state index contributed by atoms with van der Waals surface area (Å²) in [4.78, 5) is 22.3. The Morgan fingerprint density at radius 2 is 2.53 bits per heavy atom. The van der Waals surface area contributed by atoms with Crippen LogP contribution in [-0.2, 0) is 20.9 Å². The molecule has 1 amide bonds. The number of esters is 1. The summed E-state index contributed by atoms with van der Waals surface area (Å²) in [5.41, 5.74) is 0. The van der Waals surface area contributed by atoms with Gasteiger partial charge < -0.3 is 14.5 Å². The van der Waals surface area contributed by atoms with Crippen molar-refractivity contribution < 1.29 is 18.7 Å². The van der Waals surface area contributed by atoms with Crippen LogP contribution >= 0.6 is 0 Å². The quantitative estimate of drug-likeness (QED) is 0.740. The van der Waals surface area contributed by atoms with Crippen LogP contribution in [-0.4, -0.2) is 17.9 Å². The summed E-state index contributed by atoms with van der Waals surface area (Å²) in [6.45, 7) is 0.109. The second-order valence-corrected chi connectivity index (χ2v) is 3.35. The molecule has 0 aromatic carbocycles. The number of carbonyl (C=O) groups is 2. The van der Waals surface area contributed by atoms with Crippen LogP contribution in [0.4, 0.5) is 0 Å². The predicted molar refractivity (Wildman–Crippen MR) is 49.7 cm³/mol. The first-order valence-electron chi connectivity index (χ1n) is 4.74. The molecule has 1 aliphatic heterocycles. The highest BCUT2D eigenvalue weighted by Gasteiger charge is 2.28. The van der Waals surface area contributed by atoms with E-state index in [0.29, 0.717) is 18.6 Å². The van der Waals surface area contributed by atoms with Gasteiger partial charge >= 0.3 is 5.97 Å². The molecule has 2 rings (SSSR count). The average Bonchev–Trinajstić information content (AvgIpc) is 2.84. The molecule has 80 valence electrons. The lowest BCUT2D eigenvalue weighted by molar-refractivity contribution is -0.148. The molecule has 1 N–H and O–H groups in total. The summed E-state index contributed by atoms with van der Waals surface area (Å²) in [7, 11) is 0. The largest absolute Gasteiger partial charge is 0.466 e. The number of carbonyl (C=O) groups excluding carboxylic acids is 2. The van der Waals surface area contributed by atoms with Crippen LogP contribution in [0.25, 0.3) is 0 Å². The Bertz CT molecular complexity index is 358. The highest BCUT2D eigenvalue weighted by Crippen LogP contribution is 2.09. The maximum atomic E-state index is 11.4. The second kappa shape index (κ2) is 4.16. The molecule has 0 spiro atoms. The van der Waals surface area contributed by atoms with E-state index in [4.69, 9.17) is 9.15 Å². The molecule has 1 unspecified atom stereocenters. The normalized spacial score (nSPS) is 20.0. The van der Waals surface area contributed by atoms with Crippen LogP contribution in [0, 0.1) is 0 Å². The van der Waals surface area contributed by atoms with Crippen LogP contribution in [0.3, 0.4) is 0 Å². The average molecular weight is 209 g/mol. The molecule has 1 saturated heterocycles. The third-order valence-electron chi connectivity index (χ3n) is 2.22. The van der Waals surface area contributed by atoms with E-state index in [1.807, 2.05) is 0 Å². The van der Waals surface area contributed by atoms with E-state index < -0.39 is 12.0 Å². The summed E-state index contributed by atoms with van der Waals surface area (Å²) in [6, 6.07) is 2.95. The van der Waals surface area contributed by atoms with E-state index in [1.54, 1.807) is 12.1 Å². The van der Waals surface area contributed by atoms with Crippen molar-refractivity contribution in [1.29, 1.82) is 0 Å². The molecule has 5 nitrogen and oxygen atoms in total. The molecule has 0 radical (unpaired) electrons. The number of nitrogens with one attached hydrogen (secondary N) is 1. The van der Waals surface area contributed by atoms with Gasteiger partial charge in [-0.15, -0.1) is 0 Å². The van der Waals surface area contributed by atoms with Gasteiger partial charge in [0, 0.05) is 6.42 Å². The Balaban J connectivity index is 1.80. The van der Waals surface area contributed by atoms with Gasteiger partial charge in [0.2, 0.25) is 5.91 Å². The van der Waals surface area contributed by atoms with E-state index >= 15 is 0 Å². The van der Waals surface area contributed by atoms with Crippen molar-refractivity contribution in [2.45, 2.75) is 25.5 Å². The molecule has 15 heavy (non-hydrogen) atoms. The molecule has 1 aromatic heterocycles. The zero-order chi connectivity index (χ0) is 10.7. The smallest absolute Gasteiger partial charge is 0.329 e. The Morgan fingerprint density at radius 3 is 3.13 bits per heavy atom. The monoisotopic (exact) mass is 209 g/mol. The van der Waals surface area contributed by atoms with Gasteiger partial charge in [-0.3, -0.25) is 4.79 Å². The third-order valence-corrected chi connectivity index (χ3v) is 2.22. The summed E-state index contributed by atoms with van der Waals surface area (Å²) in [6.07, 6.45) is 2.41. The van der Waals surface area contributed by atoms with Crippen molar-refractivity contribution in [3.63, 3.8) is 0 Å². The van der Waals surface area contributed by atoms with Crippen molar-refractivity contribution in [2.24, 2.45) is 0 Å². The fourth-order valence-corrected chi connectivity index (χ4v) is 1.43. The molecule has 1 aliphatic rings. The third kappa shape index (κ3) is 2.37. The Kier molecular flexibility index (Phi) is 2.71. The van der Waals surface area contributed by atoms with Crippen molar-refractivity contribution in [1.82, 2.24) is 5.32 Å². The molecule has 0 bridgehead atoms. The highest BCUT2D eigenvalue weighted by molar-refractivity contribution is 5.87. The van der Waals surface area contributed by atoms with Gasteiger partial charge in [-0.05, 0) is 18.6 Å². The minimum atomic E-state index is -0.493. The number of hydrogen-bond acceptors (Lipinski definition) is 4. The van der Waals surface area contributed by atoms with Gasteiger partial charge in [0.15, 0.2) is 0 Å². The van der Waals surface area contributed by atoms with E-state index in [0.717, 1.165) is 0 Å². The molecular weight excluding hydrogens is 198 g/mol. The second-order valence-electron chi connectivity index (χ2n) is 3.35. The lowest BCUT2D eigenvalue weighted by Gasteiger charge is -2.08. The lowest BCUT2D eigenvalue weighted by atomic mass is 10.2. The number of amides is 1. The maximum Gasteiger partial charge on any atom is 0.329 e. The molecule has 1 aromatic rings. The number of hydrogen-bond donors (Lipinski definition) is 1. The molecule has 1 atom stereocenters.